The molecule has 0 aromatic heterocycles. The average molecular weight is 233 g/mol. The number of phenolic OH excluding ortho intramolecular Hbond substituents is 1. The van der Waals surface area contributed by atoms with E-state index in [1.54, 1.807) is 12.1 Å². The van der Waals surface area contributed by atoms with E-state index in [-0.39, 0.29) is 0 Å². The number of rotatable bonds is 7. The Hall–Kier alpha value is -1.02. The molecule has 0 bridgehead atoms. The quantitative estimate of drug-likeness (QED) is 0.705. The van der Waals surface area contributed by atoms with Crippen molar-refractivity contribution in [2.75, 3.05) is 6.54 Å². The highest BCUT2D eigenvalue weighted by Gasteiger charge is 2.20. The number of hydrogen-bond acceptors (Lipinski definition) is 2. The fourth-order valence-electron chi connectivity index (χ4n) is 2.28. The lowest BCUT2D eigenvalue weighted by atomic mass is 10.0. The number of nitrogens with one attached hydrogen (secondary N) is 1. The molecule has 0 heterocycles. The molecule has 2 rings (SSSR count). The van der Waals surface area contributed by atoms with Crippen LogP contribution in [-0.4, -0.2) is 11.7 Å². The van der Waals surface area contributed by atoms with E-state index in [9.17, 15) is 5.11 Å². The molecule has 17 heavy (non-hydrogen) atoms. The van der Waals surface area contributed by atoms with Gasteiger partial charge in [0.15, 0.2) is 0 Å². The molecular formula is C15H23NO. The van der Waals surface area contributed by atoms with Crippen LogP contribution >= 0.6 is 0 Å². The van der Waals surface area contributed by atoms with Gasteiger partial charge in [0.25, 0.3) is 0 Å². The first-order valence-electron chi connectivity index (χ1n) is 6.82. The SMILES string of the molecule is CCC(NCCCC1CC1)c1ccc(O)cc1. The lowest BCUT2D eigenvalue weighted by Crippen LogP contribution is -2.21. The molecule has 1 aliphatic rings. The van der Waals surface area contributed by atoms with E-state index in [0.29, 0.717) is 11.8 Å². The van der Waals surface area contributed by atoms with Gasteiger partial charge in [-0.3, -0.25) is 0 Å². The molecule has 0 saturated heterocycles. The molecule has 2 nitrogen and oxygen atoms in total. The lowest BCUT2D eigenvalue weighted by Gasteiger charge is -2.17. The number of hydrogen-bond donors (Lipinski definition) is 2. The van der Waals surface area contributed by atoms with Crippen LogP contribution in [-0.2, 0) is 0 Å². The normalized spacial score (nSPS) is 17.0. The Morgan fingerprint density at radius 1 is 1.29 bits per heavy atom. The predicted molar refractivity (Wildman–Crippen MR) is 71.1 cm³/mol. The van der Waals surface area contributed by atoms with Crippen molar-refractivity contribution in [1.82, 2.24) is 5.32 Å². The first kappa shape index (κ1) is 12.4. The number of aromatic hydroxyl groups is 1. The maximum absolute atomic E-state index is 9.27. The largest absolute Gasteiger partial charge is 0.508 e. The number of benzene rings is 1. The third-order valence-electron chi connectivity index (χ3n) is 3.58. The van der Waals surface area contributed by atoms with Crippen LogP contribution in [0.5, 0.6) is 5.75 Å². The van der Waals surface area contributed by atoms with Crippen molar-refractivity contribution in [3.05, 3.63) is 29.8 Å². The van der Waals surface area contributed by atoms with Crippen molar-refractivity contribution >= 4 is 0 Å². The summed E-state index contributed by atoms with van der Waals surface area (Å²) in [6, 6.07) is 7.98. The maximum Gasteiger partial charge on any atom is 0.115 e. The molecule has 2 heteroatoms. The zero-order chi connectivity index (χ0) is 12.1. The van der Waals surface area contributed by atoms with Crippen molar-refractivity contribution < 1.29 is 5.11 Å². The third kappa shape index (κ3) is 4.04. The van der Waals surface area contributed by atoms with E-state index < -0.39 is 0 Å². The Bertz CT molecular complexity index is 329. The summed E-state index contributed by atoms with van der Waals surface area (Å²) in [5.74, 6) is 1.38. The molecule has 0 aliphatic heterocycles. The number of phenols is 1. The van der Waals surface area contributed by atoms with Gasteiger partial charge in [0.05, 0.1) is 0 Å². The molecule has 1 aromatic rings. The summed E-state index contributed by atoms with van der Waals surface area (Å²) in [7, 11) is 0. The minimum absolute atomic E-state index is 0.345. The van der Waals surface area contributed by atoms with E-state index in [0.717, 1.165) is 18.9 Å². The summed E-state index contributed by atoms with van der Waals surface area (Å²) < 4.78 is 0. The molecule has 0 amide bonds. The highest BCUT2D eigenvalue weighted by molar-refractivity contribution is 5.27. The van der Waals surface area contributed by atoms with Crippen LogP contribution in [0.25, 0.3) is 0 Å². The Kier molecular flexibility index (Phi) is 4.43. The fourth-order valence-corrected chi connectivity index (χ4v) is 2.28. The zero-order valence-corrected chi connectivity index (χ0v) is 10.7. The van der Waals surface area contributed by atoms with Gasteiger partial charge in [-0.05, 0) is 49.4 Å². The van der Waals surface area contributed by atoms with E-state index in [1.807, 2.05) is 12.1 Å². The molecule has 1 atom stereocenters. The van der Waals surface area contributed by atoms with Crippen molar-refractivity contribution in [3.63, 3.8) is 0 Å². The average Bonchev–Trinajstić information content (AvgIpc) is 3.15. The van der Waals surface area contributed by atoms with Gasteiger partial charge in [-0.1, -0.05) is 31.9 Å². The molecular weight excluding hydrogens is 210 g/mol. The summed E-state index contributed by atoms with van der Waals surface area (Å²) in [5, 5.41) is 12.9. The van der Waals surface area contributed by atoms with E-state index in [1.165, 1.54) is 31.2 Å². The van der Waals surface area contributed by atoms with Crippen molar-refractivity contribution in [2.45, 2.75) is 45.1 Å². The van der Waals surface area contributed by atoms with Crippen LogP contribution in [0.15, 0.2) is 24.3 Å². The highest BCUT2D eigenvalue weighted by atomic mass is 16.3. The van der Waals surface area contributed by atoms with Crippen molar-refractivity contribution in [3.8, 4) is 5.75 Å². The van der Waals surface area contributed by atoms with Crippen LogP contribution in [0.3, 0.4) is 0 Å². The van der Waals surface area contributed by atoms with Gasteiger partial charge in [0.1, 0.15) is 5.75 Å². The summed E-state index contributed by atoms with van der Waals surface area (Å²) in [6.07, 6.45) is 6.68. The predicted octanol–water partition coefficient (Wildman–Crippen LogP) is 3.62. The van der Waals surface area contributed by atoms with Crippen LogP contribution in [0.2, 0.25) is 0 Å². The molecule has 0 spiro atoms. The topological polar surface area (TPSA) is 32.3 Å². The first-order chi connectivity index (χ1) is 8.29. The van der Waals surface area contributed by atoms with E-state index in [2.05, 4.69) is 12.2 Å². The minimum Gasteiger partial charge on any atom is -0.508 e. The molecule has 1 aromatic carbocycles. The Morgan fingerprint density at radius 2 is 2.00 bits per heavy atom. The lowest BCUT2D eigenvalue weighted by molar-refractivity contribution is 0.472. The molecule has 1 unspecified atom stereocenters. The zero-order valence-electron chi connectivity index (χ0n) is 10.7. The van der Waals surface area contributed by atoms with Crippen molar-refractivity contribution in [2.24, 2.45) is 5.92 Å². The van der Waals surface area contributed by atoms with E-state index in [4.69, 9.17) is 0 Å². The second-order valence-electron chi connectivity index (χ2n) is 5.09. The Balaban J connectivity index is 1.76. The Labute approximate surface area is 104 Å². The first-order valence-corrected chi connectivity index (χ1v) is 6.82. The summed E-state index contributed by atoms with van der Waals surface area (Å²) in [6.45, 7) is 3.31. The van der Waals surface area contributed by atoms with Gasteiger partial charge in [-0.15, -0.1) is 0 Å². The fraction of sp³-hybridized carbons (Fsp3) is 0.600. The molecule has 0 radical (unpaired) electrons. The van der Waals surface area contributed by atoms with Gasteiger partial charge in [-0.2, -0.15) is 0 Å². The second-order valence-corrected chi connectivity index (χ2v) is 5.09. The second kappa shape index (κ2) is 6.06. The summed E-state index contributed by atoms with van der Waals surface area (Å²) >= 11 is 0. The van der Waals surface area contributed by atoms with Gasteiger partial charge < -0.3 is 10.4 Å². The maximum atomic E-state index is 9.27. The standard InChI is InChI=1S/C15H23NO/c1-2-15(13-7-9-14(17)10-8-13)16-11-3-4-12-5-6-12/h7-10,12,15-17H,2-6,11H2,1H3. The molecule has 94 valence electrons. The van der Waals surface area contributed by atoms with Crippen LogP contribution in [0, 0.1) is 5.92 Å². The van der Waals surface area contributed by atoms with Gasteiger partial charge >= 0.3 is 0 Å². The van der Waals surface area contributed by atoms with Crippen LogP contribution in [0.1, 0.15) is 50.6 Å². The minimum atomic E-state index is 0.345. The Morgan fingerprint density at radius 3 is 2.59 bits per heavy atom. The van der Waals surface area contributed by atoms with Gasteiger partial charge in [-0.25, -0.2) is 0 Å². The van der Waals surface area contributed by atoms with Crippen LogP contribution < -0.4 is 5.32 Å². The van der Waals surface area contributed by atoms with Gasteiger partial charge in [0.2, 0.25) is 0 Å². The monoisotopic (exact) mass is 233 g/mol. The van der Waals surface area contributed by atoms with Crippen molar-refractivity contribution in [1.29, 1.82) is 0 Å². The molecule has 1 fully saturated rings. The van der Waals surface area contributed by atoms with Gasteiger partial charge in [0, 0.05) is 6.04 Å². The third-order valence-corrected chi connectivity index (χ3v) is 3.58. The molecule has 1 aliphatic carbocycles. The summed E-state index contributed by atoms with van der Waals surface area (Å²) in [5.41, 5.74) is 1.27. The highest BCUT2D eigenvalue weighted by Crippen LogP contribution is 2.33. The molecule has 2 N–H and O–H groups in total. The summed E-state index contributed by atoms with van der Waals surface area (Å²) in [4.78, 5) is 0. The molecule has 1 saturated carbocycles. The van der Waals surface area contributed by atoms with Crippen LogP contribution in [0.4, 0.5) is 0 Å². The smallest absolute Gasteiger partial charge is 0.115 e. The van der Waals surface area contributed by atoms with E-state index >= 15 is 0 Å².